The smallest absolute Gasteiger partial charge is 0.328 e. The van der Waals surface area contributed by atoms with Crippen molar-refractivity contribution >= 4 is 58.7 Å². The number of nitrogens with one attached hydrogen (secondary N) is 3. The van der Waals surface area contributed by atoms with Gasteiger partial charge in [0, 0.05) is 15.7 Å². The first kappa shape index (κ1) is 20.4. The fourth-order valence-electron chi connectivity index (χ4n) is 2.41. The highest BCUT2D eigenvalue weighted by Crippen LogP contribution is 2.22. The van der Waals surface area contributed by atoms with Crippen LogP contribution in [0, 0.1) is 0 Å². The van der Waals surface area contributed by atoms with Gasteiger partial charge in [0.25, 0.3) is 17.7 Å². The number of anilines is 1. The lowest BCUT2D eigenvalue weighted by atomic mass is 10.1. The lowest BCUT2D eigenvalue weighted by molar-refractivity contribution is -0.124. The van der Waals surface area contributed by atoms with Crippen molar-refractivity contribution in [3.63, 3.8) is 0 Å². The van der Waals surface area contributed by atoms with Gasteiger partial charge in [0.15, 0.2) is 6.61 Å². The van der Waals surface area contributed by atoms with Crippen LogP contribution in [0.1, 0.15) is 5.56 Å². The molecule has 10 heteroatoms. The number of ether oxygens (including phenoxy) is 1. The van der Waals surface area contributed by atoms with Crippen LogP contribution in [-0.2, 0) is 14.4 Å². The van der Waals surface area contributed by atoms with Crippen LogP contribution in [0.25, 0.3) is 6.08 Å². The van der Waals surface area contributed by atoms with Crippen molar-refractivity contribution in [1.82, 2.24) is 10.6 Å². The quantitative estimate of drug-likeness (QED) is 0.495. The first-order chi connectivity index (χ1) is 13.8. The molecular formula is C19H13Cl2N3O5. The maximum absolute atomic E-state index is 12.0. The van der Waals surface area contributed by atoms with Crippen LogP contribution in [0.5, 0.6) is 5.75 Å². The molecule has 1 aliphatic rings. The highest BCUT2D eigenvalue weighted by atomic mass is 35.5. The molecule has 0 atom stereocenters. The van der Waals surface area contributed by atoms with Gasteiger partial charge in [0.2, 0.25) is 0 Å². The van der Waals surface area contributed by atoms with Gasteiger partial charge >= 0.3 is 6.03 Å². The summed E-state index contributed by atoms with van der Waals surface area (Å²) in [6.07, 6.45) is 1.33. The standard InChI is InChI=1S/C19H13Cl2N3O5/c20-11-6-12(21)8-13(7-11)22-16(25)9-29-14-3-1-10(2-4-14)5-15-17(26)23-19(28)24-18(15)27/h1-8H,9H2,(H,22,25)(H2,23,24,26,27,28). The molecule has 1 aliphatic heterocycles. The molecule has 0 aromatic heterocycles. The number of benzene rings is 2. The van der Waals surface area contributed by atoms with Crippen LogP contribution >= 0.6 is 23.2 Å². The zero-order valence-corrected chi connectivity index (χ0v) is 16.1. The van der Waals surface area contributed by atoms with E-state index in [1.165, 1.54) is 6.08 Å². The normalized spacial score (nSPS) is 13.4. The van der Waals surface area contributed by atoms with Gasteiger partial charge in [-0.25, -0.2) is 4.79 Å². The van der Waals surface area contributed by atoms with Crippen LogP contribution in [-0.4, -0.2) is 30.4 Å². The van der Waals surface area contributed by atoms with E-state index in [4.69, 9.17) is 27.9 Å². The Morgan fingerprint density at radius 3 is 2.14 bits per heavy atom. The first-order valence-corrected chi connectivity index (χ1v) is 8.93. The van der Waals surface area contributed by atoms with Crippen LogP contribution in [0.3, 0.4) is 0 Å². The van der Waals surface area contributed by atoms with Gasteiger partial charge in [-0.2, -0.15) is 0 Å². The van der Waals surface area contributed by atoms with E-state index in [-0.39, 0.29) is 12.2 Å². The van der Waals surface area contributed by atoms with E-state index < -0.39 is 23.8 Å². The number of halogens is 2. The third kappa shape index (κ3) is 5.56. The van der Waals surface area contributed by atoms with E-state index in [1.54, 1.807) is 42.5 Å². The predicted molar refractivity (Wildman–Crippen MR) is 107 cm³/mol. The number of hydrogen-bond acceptors (Lipinski definition) is 5. The summed E-state index contributed by atoms with van der Waals surface area (Å²) < 4.78 is 5.40. The van der Waals surface area contributed by atoms with E-state index in [0.29, 0.717) is 27.0 Å². The highest BCUT2D eigenvalue weighted by molar-refractivity contribution is 6.35. The number of imide groups is 2. The predicted octanol–water partition coefficient (Wildman–Crippen LogP) is 2.76. The summed E-state index contributed by atoms with van der Waals surface area (Å²) in [6, 6.07) is 10.1. The SMILES string of the molecule is O=C(COc1ccc(C=C2C(=O)NC(=O)NC2=O)cc1)Nc1cc(Cl)cc(Cl)c1. The van der Waals surface area contributed by atoms with Gasteiger partial charge in [-0.3, -0.25) is 25.0 Å². The second-order valence-corrected chi connectivity index (χ2v) is 6.73. The Labute approximate surface area is 174 Å². The molecule has 0 aliphatic carbocycles. The Balaban J connectivity index is 1.58. The van der Waals surface area contributed by atoms with Gasteiger partial charge in [-0.1, -0.05) is 35.3 Å². The van der Waals surface area contributed by atoms with Gasteiger partial charge < -0.3 is 10.1 Å². The summed E-state index contributed by atoms with van der Waals surface area (Å²) >= 11 is 11.8. The molecule has 0 saturated carbocycles. The Morgan fingerprint density at radius 1 is 0.966 bits per heavy atom. The fourth-order valence-corrected chi connectivity index (χ4v) is 2.93. The number of urea groups is 1. The van der Waals surface area contributed by atoms with Gasteiger partial charge in [0.05, 0.1) is 0 Å². The van der Waals surface area contributed by atoms with E-state index in [0.717, 1.165) is 0 Å². The van der Waals surface area contributed by atoms with Gasteiger partial charge in [-0.15, -0.1) is 0 Å². The van der Waals surface area contributed by atoms with E-state index in [1.807, 2.05) is 10.6 Å². The van der Waals surface area contributed by atoms with Crippen LogP contribution < -0.4 is 20.7 Å². The lowest BCUT2D eigenvalue weighted by Gasteiger charge is -2.14. The molecule has 2 aromatic rings. The second kappa shape index (κ2) is 8.76. The molecule has 8 nitrogen and oxygen atoms in total. The Kier molecular flexibility index (Phi) is 6.16. The third-order valence-electron chi connectivity index (χ3n) is 3.65. The van der Waals surface area contributed by atoms with E-state index in [9.17, 15) is 19.2 Å². The van der Waals surface area contributed by atoms with Gasteiger partial charge in [0.1, 0.15) is 11.3 Å². The van der Waals surface area contributed by atoms with E-state index in [2.05, 4.69) is 5.32 Å². The zero-order valence-electron chi connectivity index (χ0n) is 14.6. The number of carbonyl (C=O) groups excluding carboxylic acids is 4. The number of barbiturate groups is 1. The van der Waals surface area contributed by atoms with Crippen LogP contribution in [0.2, 0.25) is 10.0 Å². The van der Waals surface area contributed by atoms with Crippen molar-refractivity contribution in [3.05, 3.63) is 63.6 Å². The number of rotatable bonds is 5. The average Bonchev–Trinajstić information content (AvgIpc) is 2.63. The molecule has 3 rings (SSSR count). The molecule has 1 fully saturated rings. The molecule has 5 amide bonds. The minimum atomic E-state index is -0.862. The molecular weight excluding hydrogens is 421 g/mol. The minimum Gasteiger partial charge on any atom is -0.484 e. The van der Waals surface area contributed by atoms with E-state index >= 15 is 0 Å². The summed E-state index contributed by atoms with van der Waals surface area (Å²) in [5.41, 5.74) is 0.781. The second-order valence-electron chi connectivity index (χ2n) is 5.86. The summed E-state index contributed by atoms with van der Waals surface area (Å²) in [7, 11) is 0. The maximum Gasteiger partial charge on any atom is 0.328 e. The first-order valence-electron chi connectivity index (χ1n) is 8.17. The molecule has 1 saturated heterocycles. The molecule has 0 bridgehead atoms. The molecule has 0 unspecified atom stereocenters. The average molecular weight is 434 g/mol. The minimum absolute atomic E-state index is 0.196. The number of hydrogen-bond donors (Lipinski definition) is 3. The van der Waals surface area contributed by atoms with Crippen molar-refractivity contribution in [1.29, 1.82) is 0 Å². The van der Waals surface area contributed by atoms with Crippen molar-refractivity contribution < 1.29 is 23.9 Å². The van der Waals surface area contributed by atoms with Gasteiger partial charge in [-0.05, 0) is 42.0 Å². The highest BCUT2D eigenvalue weighted by Gasteiger charge is 2.27. The van der Waals surface area contributed by atoms with Crippen LogP contribution in [0.15, 0.2) is 48.0 Å². The summed E-state index contributed by atoms with van der Waals surface area (Å²) in [5.74, 6) is -1.57. The molecule has 0 radical (unpaired) electrons. The molecule has 1 heterocycles. The summed E-state index contributed by atoms with van der Waals surface area (Å²) in [5, 5.41) is 7.37. The number of carbonyl (C=O) groups is 4. The largest absolute Gasteiger partial charge is 0.484 e. The molecule has 29 heavy (non-hydrogen) atoms. The molecule has 0 spiro atoms. The summed E-state index contributed by atoms with van der Waals surface area (Å²) in [4.78, 5) is 46.5. The lowest BCUT2D eigenvalue weighted by Crippen LogP contribution is -2.51. The maximum atomic E-state index is 12.0. The molecule has 2 aromatic carbocycles. The topological polar surface area (TPSA) is 114 Å². The summed E-state index contributed by atoms with van der Waals surface area (Å²) in [6.45, 7) is -0.252. The molecule has 148 valence electrons. The Morgan fingerprint density at radius 2 is 1.55 bits per heavy atom. The fraction of sp³-hybridized carbons (Fsp3) is 0.0526. The van der Waals surface area contributed by atoms with Crippen molar-refractivity contribution in [3.8, 4) is 5.75 Å². The zero-order chi connectivity index (χ0) is 21.0. The monoisotopic (exact) mass is 433 g/mol. The van der Waals surface area contributed by atoms with Crippen molar-refractivity contribution in [2.75, 3.05) is 11.9 Å². The molecule has 3 N–H and O–H groups in total. The van der Waals surface area contributed by atoms with Crippen molar-refractivity contribution in [2.24, 2.45) is 0 Å². The Bertz CT molecular complexity index is 992. The third-order valence-corrected chi connectivity index (χ3v) is 4.09. The Hall–Kier alpha value is -3.36. The van der Waals surface area contributed by atoms with Crippen molar-refractivity contribution in [2.45, 2.75) is 0 Å². The number of amides is 5. The van der Waals surface area contributed by atoms with Crippen LogP contribution in [0.4, 0.5) is 10.5 Å².